The molecule has 4 N–H and O–H groups in total. The van der Waals surface area contributed by atoms with Gasteiger partial charge in [-0.15, -0.1) is 0 Å². The summed E-state index contributed by atoms with van der Waals surface area (Å²) in [6.45, 7) is 1.93. The maximum atomic E-state index is 12.0. The maximum absolute atomic E-state index is 12.0. The van der Waals surface area contributed by atoms with Crippen LogP contribution in [0.25, 0.3) is 0 Å². The van der Waals surface area contributed by atoms with Crippen LogP contribution in [0.15, 0.2) is 12.3 Å². The van der Waals surface area contributed by atoms with E-state index in [1.54, 1.807) is 0 Å². The number of imide groups is 1. The predicted molar refractivity (Wildman–Crippen MR) is 88.7 cm³/mol. The molecule has 1 aliphatic rings. The molecule has 0 bridgehead atoms. The fourth-order valence-corrected chi connectivity index (χ4v) is 2.82. The molecule has 2 rings (SSSR count). The molecular weight excluding hydrogens is 310 g/mol. The zero-order valence-corrected chi connectivity index (χ0v) is 14.0. The summed E-state index contributed by atoms with van der Waals surface area (Å²) in [5, 5.41) is 12.2. The summed E-state index contributed by atoms with van der Waals surface area (Å²) < 4.78 is 5.60. The van der Waals surface area contributed by atoms with Gasteiger partial charge in [0.15, 0.2) is 17.2 Å². The Balaban J connectivity index is 1.94. The molecular formula is C17H25N3O4. The molecule has 7 nitrogen and oxygen atoms in total. The van der Waals surface area contributed by atoms with Crippen LogP contribution >= 0.6 is 0 Å². The van der Waals surface area contributed by atoms with Crippen LogP contribution in [-0.2, 0) is 4.79 Å². The van der Waals surface area contributed by atoms with Crippen molar-refractivity contribution < 1.29 is 19.4 Å². The number of aromatic hydroxyl groups is 1. The number of carbonyl (C=O) groups is 2. The molecule has 0 aromatic carbocycles. The zero-order chi connectivity index (χ0) is 17.5. The largest absolute Gasteiger partial charge is 0.503 e. The second-order valence-corrected chi connectivity index (χ2v) is 6.25. The van der Waals surface area contributed by atoms with E-state index in [-0.39, 0.29) is 17.2 Å². The molecule has 1 aromatic heterocycles. The Kier molecular flexibility index (Phi) is 6.54. The first-order chi connectivity index (χ1) is 11.5. The van der Waals surface area contributed by atoms with Crippen molar-refractivity contribution in [3.8, 4) is 11.5 Å². The molecule has 1 saturated carbocycles. The molecule has 0 aliphatic heterocycles. The Labute approximate surface area is 141 Å². The second-order valence-electron chi connectivity index (χ2n) is 6.25. The van der Waals surface area contributed by atoms with Crippen LogP contribution in [0.2, 0.25) is 0 Å². The van der Waals surface area contributed by atoms with Crippen LogP contribution in [0.5, 0.6) is 11.5 Å². The van der Waals surface area contributed by atoms with Crippen molar-refractivity contribution in [3.63, 3.8) is 0 Å². The number of nitrogens with zero attached hydrogens (tertiary/aromatic N) is 1. The van der Waals surface area contributed by atoms with Gasteiger partial charge in [-0.3, -0.25) is 14.9 Å². The number of ether oxygens (including phenoxy) is 1. The molecule has 0 saturated heterocycles. The Morgan fingerprint density at radius 1 is 1.42 bits per heavy atom. The maximum Gasteiger partial charge on any atom is 0.280 e. The Morgan fingerprint density at radius 3 is 2.79 bits per heavy atom. The highest BCUT2D eigenvalue weighted by atomic mass is 16.5. The molecule has 24 heavy (non-hydrogen) atoms. The number of hydrogen-bond acceptors (Lipinski definition) is 6. The first kappa shape index (κ1) is 18.2. The number of nitrogens with one attached hydrogen (secondary N) is 1. The molecule has 1 aliphatic carbocycles. The van der Waals surface area contributed by atoms with Gasteiger partial charge in [-0.25, -0.2) is 4.98 Å². The lowest BCUT2D eigenvalue weighted by Gasteiger charge is -2.21. The molecule has 1 aromatic rings. The predicted octanol–water partition coefficient (Wildman–Crippen LogP) is 1.74. The highest BCUT2D eigenvalue weighted by molar-refractivity contribution is 6.06. The standard InChI is InChI=1S/C17H25N3O4/c1-11(18)16(22)20-17(23)14-15(21)13(7-9-19-14)24-10-8-12-5-3-2-4-6-12/h7,9,11-12,21H,2-6,8,10,18H2,1H3,(H,20,22,23)/t11-/m0/s1. The zero-order valence-electron chi connectivity index (χ0n) is 14.0. The molecule has 0 unspecified atom stereocenters. The Bertz CT molecular complexity index is 583. The van der Waals surface area contributed by atoms with E-state index in [2.05, 4.69) is 10.3 Å². The molecule has 0 spiro atoms. The summed E-state index contributed by atoms with van der Waals surface area (Å²) in [7, 11) is 0. The van der Waals surface area contributed by atoms with E-state index in [0.29, 0.717) is 12.5 Å². The van der Waals surface area contributed by atoms with Crippen molar-refractivity contribution in [3.05, 3.63) is 18.0 Å². The van der Waals surface area contributed by atoms with Crippen molar-refractivity contribution in [2.45, 2.75) is 51.5 Å². The van der Waals surface area contributed by atoms with Crippen molar-refractivity contribution in [1.29, 1.82) is 0 Å². The van der Waals surface area contributed by atoms with Crippen LogP contribution in [0.3, 0.4) is 0 Å². The average Bonchev–Trinajstić information content (AvgIpc) is 2.57. The van der Waals surface area contributed by atoms with Crippen molar-refractivity contribution >= 4 is 11.8 Å². The van der Waals surface area contributed by atoms with Gasteiger partial charge < -0.3 is 15.6 Å². The van der Waals surface area contributed by atoms with E-state index in [1.807, 2.05) is 0 Å². The molecule has 1 fully saturated rings. The number of aromatic nitrogens is 1. The molecule has 1 heterocycles. The minimum Gasteiger partial charge on any atom is -0.503 e. The Hall–Kier alpha value is -2.15. The fraction of sp³-hybridized carbons (Fsp3) is 0.588. The summed E-state index contributed by atoms with van der Waals surface area (Å²) >= 11 is 0. The minimum atomic E-state index is -0.828. The van der Waals surface area contributed by atoms with E-state index in [1.165, 1.54) is 51.3 Å². The first-order valence-corrected chi connectivity index (χ1v) is 8.40. The van der Waals surface area contributed by atoms with Gasteiger partial charge in [0.05, 0.1) is 12.6 Å². The summed E-state index contributed by atoms with van der Waals surface area (Å²) in [5.41, 5.74) is 5.14. The van der Waals surface area contributed by atoms with E-state index in [9.17, 15) is 14.7 Å². The minimum absolute atomic E-state index is 0.194. The van der Waals surface area contributed by atoms with E-state index < -0.39 is 17.9 Å². The summed E-state index contributed by atoms with van der Waals surface area (Å²) in [4.78, 5) is 27.3. The van der Waals surface area contributed by atoms with Crippen LogP contribution in [0.1, 0.15) is 55.9 Å². The molecule has 132 valence electrons. The second kappa shape index (κ2) is 8.63. The van der Waals surface area contributed by atoms with Gasteiger partial charge in [0.1, 0.15) is 0 Å². The lowest BCUT2D eigenvalue weighted by molar-refractivity contribution is -0.121. The van der Waals surface area contributed by atoms with Crippen LogP contribution in [0.4, 0.5) is 0 Å². The van der Waals surface area contributed by atoms with Gasteiger partial charge in [-0.2, -0.15) is 0 Å². The quantitative estimate of drug-likeness (QED) is 0.729. The number of pyridine rings is 1. The highest BCUT2D eigenvalue weighted by Gasteiger charge is 2.21. The monoisotopic (exact) mass is 335 g/mol. The normalized spacial score (nSPS) is 16.4. The Morgan fingerprint density at radius 2 is 2.12 bits per heavy atom. The highest BCUT2D eigenvalue weighted by Crippen LogP contribution is 2.30. The van der Waals surface area contributed by atoms with Gasteiger partial charge in [0, 0.05) is 12.3 Å². The summed E-state index contributed by atoms with van der Waals surface area (Å²) in [5.74, 6) is -0.943. The number of rotatable bonds is 6. The van der Waals surface area contributed by atoms with Crippen LogP contribution < -0.4 is 15.8 Å². The third-order valence-electron chi connectivity index (χ3n) is 4.26. The van der Waals surface area contributed by atoms with Crippen molar-refractivity contribution in [1.82, 2.24) is 10.3 Å². The SMILES string of the molecule is C[C@H](N)C(=O)NC(=O)c1nccc(OCCC2CCCCC2)c1O. The lowest BCUT2D eigenvalue weighted by atomic mass is 9.87. The topological polar surface area (TPSA) is 115 Å². The van der Waals surface area contributed by atoms with Crippen molar-refractivity contribution in [2.75, 3.05) is 6.61 Å². The van der Waals surface area contributed by atoms with Gasteiger partial charge in [-0.1, -0.05) is 32.1 Å². The van der Waals surface area contributed by atoms with E-state index in [4.69, 9.17) is 10.5 Å². The molecule has 2 amide bonds. The van der Waals surface area contributed by atoms with Crippen LogP contribution in [0, 0.1) is 5.92 Å². The van der Waals surface area contributed by atoms with Crippen molar-refractivity contribution in [2.24, 2.45) is 11.7 Å². The van der Waals surface area contributed by atoms with Gasteiger partial charge in [0.2, 0.25) is 5.91 Å². The summed E-state index contributed by atoms with van der Waals surface area (Å²) in [6.07, 6.45) is 8.57. The molecule has 7 heteroatoms. The third-order valence-corrected chi connectivity index (χ3v) is 4.26. The average molecular weight is 335 g/mol. The fourth-order valence-electron chi connectivity index (χ4n) is 2.82. The third kappa shape index (κ3) is 4.92. The summed E-state index contributed by atoms with van der Waals surface area (Å²) in [6, 6.07) is 0.673. The number of hydrogen-bond donors (Lipinski definition) is 3. The lowest BCUT2D eigenvalue weighted by Crippen LogP contribution is -2.41. The molecule has 1 atom stereocenters. The number of carbonyl (C=O) groups excluding carboxylic acids is 2. The number of amides is 2. The first-order valence-electron chi connectivity index (χ1n) is 8.40. The van der Waals surface area contributed by atoms with E-state index >= 15 is 0 Å². The van der Waals surface area contributed by atoms with E-state index in [0.717, 1.165) is 6.42 Å². The smallest absolute Gasteiger partial charge is 0.280 e. The van der Waals surface area contributed by atoms with Gasteiger partial charge in [-0.05, 0) is 19.3 Å². The van der Waals surface area contributed by atoms with Gasteiger partial charge >= 0.3 is 0 Å². The number of nitrogens with two attached hydrogens (primary N) is 1. The van der Waals surface area contributed by atoms with Crippen LogP contribution in [-0.4, -0.2) is 34.6 Å². The molecule has 0 radical (unpaired) electrons. The van der Waals surface area contributed by atoms with Gasteiger partial charge in [0.25, 0.3) is 5.91 Å².